The van der Waals surface area contributed by atoms with E-state index in [1.807, 2.05) is 32.9 Å². The van der Waals surface area contributed by atoms with Gasteiger partial charge in [0.2, 0.25) is 15.9 Å². The van der Waals surface area contributed by atoms with Crippen LogP contribution in [0.15, 0.2) is 35.2 Å². The number of anilines is 1. The molecule has 0 aromatic heterocycles. The lowest BCUT2D eigenvalue weighted by molar-refractivity contribution is -0.115. The topological polar surface area (TPSA) is 114 Å². The molecule has 1 saturated heterocycles. The molecule has 0 aliphatic carbocycles. The van der Waals surface area contributed by atoms with E-state index < -0.39 is 21.8 Å². The largest absolute Gasteiger partial charge is 0.496 e. The summed E-state index contributed by atoms with van der Waals surface area (Å²) in [5.74, 6) is -0.799. The Kier molecular flexibility index (Phi) is 7.72. The molecular formula is C23H29N3O6S. The second kappa shape index (κ2) is 10.3. The van der Waals surface area contributed by atoms with Crippen molar-refractivity contribution < 1.29 is 27.5 Å². The second-order valence-electron chi connectivity index (χ2n) is 7.88. The summed E-state index contributed by atoms with van der Waals surface area (Å²) in [6.45, 7) is 6.62. The van der Waals surface area contributed by atoms with Gasteiger partial charge in [0.05, 0.1) is 37.3 Å². The average molecular weight is 476 g/mol. The molecule has 0 saturated carbocycles. The number of sulfonamides is 1. The molecule has 2 aromatic carbocycles. The first-order valence-electron chi connectivity index (χ1n) is 10.6. The maximum atomic E-state index is 13.0. The number of carbonyl (C=O) groups excluding carboxylic acids is 2. The van der Waals surface area contributed by atoms with Gasteiger partial charge in [-0.25, -0.2) is 8.42 Å². The molecule has 1 heterocycles. The van der Waals surface area contributed by atoms with E-state index in [1.165, 1.54) is 29.6 Å². The number of aryl methyl sites for hydroxylation is 3. The zero-order valence-electron chi connectivity index (χ0n) is 19.2. The van der Waals surface area contributed by atoms with E-state index in [9.17, 15) is 18.0 Å². The van der Waals surface area contributed by atoms with E-state index in [4.69, 9.17) is 9.47 Å². The minimum absolute atomic E-state index is 0.0225. The summed E-state index contributed by atoms with van der Waals surface area (Å²) in [6.07, 6.45) is 0. The fourth-order valence-electron chi connectivity index (χ4n) is 3.78. The predicted molar refractivity (Wildman–Crippen MR) is 124 cm³/mol. The number of nitrogens with zero attached hydrogens (tertiary/aromatic N) is 1. The van der Waals surface area contributed by atoms with Crippen molar-refractivity contribution in [2.75, 3.05) is 45.3 Å². The summed E-state index contributed by atoms with van der Waals surface area (Å²) >= 11 is 0. The molecule has 0 bridgehead atoms. The van der Waals surface area contributed by atoms with Crippen LogP contribution in [0.4, 0.5) is 5.69 Å². The van der Waals surface area contributed by atoms with E-state index in [0.717, 1.165) is 16.7 Å². The van der Waals surface area contributed by atoms with Gasteiger partial charge in [-0.2, -0.15) is 4.31 Å². The molecule has 0 atom stereocenters. The monoisotopic (exact) mass is 475 g/mol. The Morgan fingerprint density at radius 2 is 1.70 bits per heavy atom. The molecule has 33 heavy (non-hydrogen) atoms. The first-order valence-corrected chi connectivity index (χ1v) is 12.0. The van der Waals surface area contributed by atoms with Crippen molar-refractivity contribution in [3.63, 3.8) is 0 Å². The summed E-state index contributed by atoms with van der Waals surface area (Å²) in [7, 11) is -2.40. The number of rotatable bonds is 7. The first-order chi connectivity index (χ1) is 15.6. The van der Waals surface area contributed by atoms with Crippen molar-refractivity contribution in [2.24, 2.45) is 0 Å². The van der Waals surface area contributed by atoms with Crippen molar-refractivity contribution in [3.05, 3.63) is 52.6 Å². The number of hydrogen-bond acceptors (Lipinski definition) is 6. The first kappa shape index (κ1) is 24.7. The molecule has 9 nitrogen and oxygen atoms in total. The van der Waals surface area contributed by atoms with E-state index in [1.54, 1.807) is 0 Å². The Bertz CT molecular complexity index is 1130. The van der Waals surface area contributed by atoms with Crippen LogP contribution in [0.1, 0.15) is 27.0 Å². The minimum Gasteiger partial charge on any atom is -0.496 e. The van der Waals surface area contributed by atoms with Gasteiger partial charge in [0.15, 0.2) is 0 Å². The zero-order valence-corrected chi connectivity index (χ0v) is 20.0. The Morgan fingerprint density at radius 1 is 1.06 bits per heavy atom. The highest BCUT2D eigenvalue weighted by Gasteiger charge is 2.28. The number of benzene rings is 2. The van der Waals surface area contributed by atoms with Crippen LogP contribution in [-0.4, -0.2) is 64.5 Å². The lowest BCUT2D eigenvalue weighted by atomic mass is 10.1. The van der Waals surface area contributed by atoms with Gasteiger partial charge in [0, 0.05) is 18.8 Å². The predicted octanol–water partition coefficient (Wildman–Crippen LogP) is 2.01. The molecule has 0 radical (unpaired) electrons. The number of ether oxygens (including phenoxy) is 2. The molecule has 2 amide bonds. The molecule has 0 spiro atoms. The van der Waals surface area contributed by atoms with Gasteiger partial charge in [-0.3, -0.25) is 9.59 Å². The van der Waals surface area contributed by atoms with Crippen molar-refractivity contribution >= 4 is 27.5 Å². The number of hydrogen-bond donors (Lipinski definition) is 2. The van der Waals surface area contributed by atoms with Crippen molar-refractivity contribution in [1.29, 1.82) is 0 Å². The fraction of sp³-hybridized carbons (Fsp3) is 0.391. The van der Waals surface area contributed by atoms with Crippen molar-refractivity contribution in [1.82, 2.24) is 9.62 Å². The maximum absolute atomic E-state index is 13.0. The van der Waals surface area contributed by atoms with Crippen LogP contribution in [0.25, 0.3) is 0 Å². The molecule has 10 heteroatoms. The van der Waals surface area contributed by atoms with E-state index in [-0.39, 0.29) is 35.8 Å². The molecule has 178 valence electrons. The summed E-state index contributed by atoms with van der Waals surface area (Å²) < 4.78 is 37.7. The molecule has 1 fully saturated rings. The van der Waals surface area contributed by atoms with E-state index >= 15 is 0 Å². The Balaban J connectivity index is 1.74. The van der Waals surface area contributed by atoms with E-state index in [0.29, 0.717) is 18.9 Å². The quantitative estimate of drug-likeness (QED) is 0.633. The fourth-order valence-corrected chi connectivity index (χ4v) is 5.21. The van der Waals surface area contributed by atoms with Crippen LogP contribution < -0.4 is 15.4 Å². The third kappa shape index (κ3) is 5.70. The number of morpholine rings is 1. The zero-order chi connectivity index (χ0) is 24.2. The van der Waals surface area contributed by atoms with Crippen LogP contribution in [0.2, 0.25) is 0 Å². The standard InChI is InChI=1S/C23H29N3O6S/c1-15-11-16(2)22(17(3)12-15)25-21(27)14-24-23(28)19-13-18(5-6-20(19)31-4)33(29,30)26-7-9-32-10-8-26/h5-6,11-13H,7-10,14H2,1-4H3,(H,24,28)(H,25,27). The van der Waals surface area contributed by atoms with Crippen LogP contribution in [0, 0.1) is 20.8 Å². The highest BCUT2D eigenvalue weighted by Crippen LogP contribution is 2.25. The number of amides is 2. The van der Waals surface area contributed by atoms with Gasteiger partial charge in [-0.05, 0) is 50.1 Å². The lowest BCUT2D eigenvalue weighted by Gasteiger charge is -2.26. The van der Waals surface area contributed by atoms with Gasteiger partial charge in [-0.15, -0.1) is 0 Å². The molecule has 2 N–H and O–H groups in total. The van der Waals surface area contributed by atoms with Crippen LogP contribution in [0.5, 0.6) is 5.75 Å². The third-order valence-corrected chi connectivity index (χ3v) is 7.27. The van der Waals surface area contributed by atoms with Gasteiger partial charge in [0.1, 0.15) is 5.75 Å². The highest BCUT2D eigenvalue weighted by atomic mass is 32.2. The molecular weight excluding hydrogens is 446 g/mol. The summed E-state index contributed by atoms with van der Waals surface area (Å²) in [5, 5.41) is 5.36. The van der Waals surface area contributed by atoms with Gasteiger partial charge in [-0.1, -0.05) is 17.7 Å². The lowest BCUT2D eigenvalue weighted by Crippen LogP contribution is -2.40. The van der Waals surface area contributed by atoms with Crippen LogP contribution in [0.3, 0.4) is 0 Å². The minimum atomic E-state index is -3.79. The van der Waals surface area contributed by atoms with Crippen molar-refractivity contribution in [3.8, 4) is 5.75 Å². The summed E-state index contributed by atoms with van der Waals surface area (Å²) in [4.78, 5) is 25.2. The number of carbonyl (C=O) groups is 2. The molecule has 0 unspecified atom stereocenters. The Hall–Kier alpha value is -2.95. The maximum Gasteiger partial charge on any atom is 0.255 e. The van der Waals surface area contributed by atoms with E-state index in [2.05, 4.69) is 10.6 Å². The average Bonchev–Trinajstić information content (AvgIpc) is 2.79. The summed E-state index contributed by atoms with van der Waals surface area (Å²) in [6, 6.07) is 8.03. The molecule has 1 aliphatic rings. The SMILES string of the molecule is COc1ccc(S(=O)(=O)N2CCOCC2)cc1C(=O)NCC(=O)Nc1c(C)cc(C)cc1C. The van der Waals surface area contributed by atoms with Gasteiger partial charge < -0.3 is 20.1 Å². The Morgan fingerprint density at radius 3 is 2.30 bits per heavy atom. The highest BCUT2D eigenvalue weighted by molar-refractivity contribution is 7.89. The second-order valence-corrected chi connectivity index (χ2v) is 9.82. The normalized spacial score (nSPS) is 14.5. The third-order valence-electron chi connectivity index (χ3n) is 5.37. The Labute approximate surface area is 194 Å². The summed E-state index contributed by atoms with van der Waals surface area (Å²) in [5.41, 5.74) is 3.68. The van der Waals surface area contributed by atoms with Gasteiger partial charge in [0.25, 0.3) is 5.91 Å². The van der Waals surface area contributed by atoms with Gasteiger partial charge >= 0.3 is 0 Å². The smallest absolute Gasteiger partial charge is 0.255 e. The molecule has 3 rings (SSSR count). The molecule has 2 aromatic rings. The van der Waals surface area contributed by atoms with Crippen LogP contribution >= 0.6 is 0 Å². The van der Waals surface area contributed by atoms with Crippen molar-refractivity contribution in [2.45, 2.75) is 25.7 Å². The number of methoxy groups -OCH3 is 1. The molecule has 1 aliphatic heterocycles. The van der Waals surface area contributed by atoms with Crippen LogP contribution in [-0.2, 0) is 19.6 Å². The number of nitrogens with one attached hydrogen (secondary N) is 2.